The van der Waals surface area contributed by atoms with E-state index in [1.165, 1.54) is 0 Å². The molecule has 0 aromatic heterocycles. The number of hydrogen-bond acceptors (Lipinski definition) is 2. The van der Waals surface area contributed by atoms with Gasteiger partial charge in [0.25, 0.3) is 0 Å². The molecule has 1 N–H and O–H groups in total. The molecule has 0 saturated carbocycles. The number of nitrogens with one attached hydrogen (secondary N) is 1. The van der Waals surface area contributed by atoms with Crippen LogP contribution in [0.15, 0.2) is 48.5 Å². The molecule has 0 spiro atoms. The van der Waals surface area contributed by atoms with Crippen molar-refractivity contribution in [2.24, 2.45) is 5.92 Å². The number of hydrogen-bond donors (Lipinski definition) is 1. The number of rotatable bonds is 4. The second kappa shape index (κ2) is 7.24. The van der Waals surface area contributed by atoms with Gasteiger partial charge in [-0.2, -0.15) is 0 Å². The van der Waals surface area contributed by atoms with Gasteiger partial charge in [-0.05, 0) is 35.9 Å². The lowest BCUT2D eigenvalue weighted by atomic mass is 10.1. The van der Waals surface area contributed by atoms with Crippen LogP contribution in [0.4, 0.5) is 5.69 Å². The van der Waals surface area contributed by atoms with Gasteiger partial charge in [0.1, 0.15) is 0 Å². The molecule has 0 unspecified atom stereocenters. The van der Waals surface area contributed by atoms with E-state index >= 15 is 0 Å². The van der Waals surface area contributed by atoms with E-state index in [1.807, 2.05) is 18.2 Å². The second-order valence-electron chi connectivity index (χ2n) is 5.69. The van der Waals surface area contributed by atoms with Crippen LogP contribution in [0.1, 0.15) is 12.0 Å². The van der Waals surface area contributed by atoms with Crippen LogP contribution in [0.2, 0.25) is 10.0 Å². The summed E-state index contributed by atoms with van der Waals surface area (Å²) in [6.07, 6.45) is 0.205. The minimum Gasteiger partial charge on any atom is -0.352 e. The van der Waals surface area contributed by atoms with Crippen molar-refractivity contribution in [3.8, 4) is 0 Å². The summed E-state index contributed by atoms with van der Waals surface area (Å²) in [7, 11) is 0. The van der Waals surface area contributed by atoms with Crippen LogP contribution in [0, 0.1) is 5.92 Å². The normalized spacial score (nSPS) is 17.2. The molecule has 1 saturated heterocycles. The van der Waals surface area contributed by atoms with Gasteiger partial charge < -0.3 is 10.2 Å². The maximum Gasteiger partial charge on any atom is 0.227 e. The standard InChI is InChI=1S/C18H16Cl2N2O2/c19-14-5-7-15(8-6-14)22-11-13(9-17(22)23)18(24)21-10-12-3-1-2-4-16(12)20/h1-8,13H,9-11H2,(H,21,24)/t13-/m1/s1. The van der Waals surface area contributed by atoms with Crippen molar-refractivity contribution in [1.29, 1.82) is 0 Å². The van der Waals surface area contributed by atoms with Gasteiger partial charge in [0.05, 0.1) is 5.92 Å². The zero-order chi connectivity index (χ0) is 17.1. The molecule has 24 heavy (non-hydrogen) atoms. The highest BCUT2D eigenvalue weighted by Crippen LogP contribution is 2.26. The predicted molar refractivity (Wildman–Crippen MR) is 95.2 cm³/mol. The third-order valence-electron chi connectivity index (χ3n) is 4.05. The van der Waals surface area contributed by atoms with Crippen molar-refractivity contribution in [2.45, 2.75) is 13.0 Å². The smallest absolute Gasteiger partial charge is 0.227 e. The number of carbonyl (C=O) groups is 2. The third kappa shape index (κ3) is 3.71. The number of nitrogens with zero attached hydrogens (tertiary/aromatic N) is 1. The number of amides is 2. The molecule has 2 aromatic carbocycles. The summed E-state index contributed by atoms with van der Waals surface area (Å²) in [5.74, 6) is -0.564. The molecule has 124 valence electrons. The Morgan fingerprint density at radius 1 is 1.12 bits per heavy atom. The van der Waals surface area contributed by atoms with E-state index in [0.717, 1.165) is 11.3 Å². The highest BCUT2D eigenvalue weighted by Gasteiger charge is 2.34. The van der Waals surface area contributed by atoms with Gasteiger partial charge in [0.15, 0.2) is 0 Å². The van der Waals surface area contributed by atoms with E-state index in [4.69, 9.17) is 23.2 Å². The molecule has 1 heterocycles. The first-order valence-electron chi connectivity index (χ1n) is 7.61. The fourth-order valence-corrected chi connectivity index (χ4v) is 3.05. The Hall–Kier alpha value is -2.04. The fraction of sp³-hybridized carbons (Fsp3) is 0.222. The Morgan fingerprint density at radius 2 is 1.83 bits per heavy atom. The Kier molecular flexibility index (Phi) is 5.07. The number of carbonyl (C=O) groups excluding carboxylic acids is 2. The number of anilines is 1. The van der Waals surface area contributed by atoms with Crippen molar-refractivity contribution in [3.63, 3.8) is 0 Å². The van der Waals surface area contributed by atoms with E-state index in [0.29, 0.717) is 23.1 Å². The van der Waals surface area contributed by atoms with Gasteiger partial charge >= 0.3 is 0 Å². The van der Waals surface area contributed by atoms with Crippen molar-refractivity contribution >= 4 is 40.7 Å². The molecule has 1 atom stereocenters. The van der Waals surface area contributed by atoms with Gasteiger partial charge in [-0.1, -0.05) is 41.4 Å². The Balaban J connectivity index is 1.62. The highest BCUT2D eigenvalue weighted by molar-refractivity contribution is 6.31. The first-order chi connectivity index (χ1) is 11.5. The summed E-state index contributed by atoms with van der Waals surface area (Å²) in [5.41, 5.74) is 1.61. The maximum absolute atomic E-state index is 12.4. The quantitative estimate of drug-likeness (QED) is 0.901. The topological polar surface area (TPSA) is 49.4 Å². The predicted octanol–water partition coefficient (Wildman–Crippen LogP) is 3.66. The SMILES string of the molecule is O=C(NCc1ccccc1Cl)[C@@H]1CC(=O)N(c2ccc(Cl)cc2)C1. The third-order valence-corrected chi connectivity index (χ3v) is 4.67. The van der Waals surface area contributed by atoms with E-state index in [1.54, 1.807) is 35.2 Å². The monoisotopic (exact) mass is 362 g/mol. The Labute approximate surface area is 150 Å². The summed E-state index contributed by atoms with van der Waals surface area (Å²) in [6.45, 7) is 0.721. The fourth-order valence-electron chi connectivity index (χ4n) is 2.72. The summed E-state index contributed by atoms with van der Waals surface area (Å²) in [6, 6.07) is 14.4. The van der Waals surface area contributed by atoms with Gasteiger partial charge in [0.2, 0.25) is 11.8 Å². The van der Waals surface area contributed by atoms with Crippen LogP contribution < -0.4 is 10.2 Å². The van der Waals surface area contributed by atoms with Crippen molar-refractivity contribution in [2.75, 3.05) is 11.4 Å². The summed E-state index contributed by atoms with van der Waals surface area (Å²) < 4.78 is 0. The zero-order valence-electron chi connectivity index (χ0n) is 12.8. The molecular formula is C18H16Cl2N2O2. The van der Waals surface area contributed by atoms with Gasteiger partial charge in [-0.3, -0.25) is 9.59 Å². The lowest BCUT2D eigenvalue weighted by molar-refractivity contribution is -0.126. The van der Waals surface area contributed by atoms with Crippen molar-refractivity contribution in [1.82, 2.24) is 5.32 Å². The molecule has 2 amide bonds. The molecule has 4 nitrogen and oxygen atoms in total. The minimum absolute atomic E-state index is 0.0600. The molecule has 1 aliphatic heterocycles. The lowest BCUT2D eigenvalue weighted by Gasteiger charge is -2.17. The van der Waals surface area contributed by atoms with Crippen LogP contribution >= 0.6 is 23.2 Å². The van der Waals surface area contributed by atoms with Crippen molar-refractivity contribution in [3.05, 3.63) is 64.1 Å². The second-order valence-corrected chi connectivity index (χ2v) is 6.53. The molecule has 0 radical (unpaired) electrons. The van der Waals surface area contributed by atoms with Crippen LogP contribution in [0.5, 0.6) is 0 Å². The molecule has 0 aliphatic carbocycles. The maximum atomic E-state index is 12.4. The molecule has 3 rings (SSSR count). The largest absolute Gasteiger partial charge is 0.352 e. The highest BCUT2D eigenvalue weighted by atomic mass is 35.5. The van der Waals surface area contributed by atoms with Gasteiger partial charge in [-0.25, -0.2) is 0 Å². The Morgan fingerprint density at radius 3 is 2.54 bits per heavy atom. The minimum atomic E-state index is -0.365. The zero-order valence-corrected chi connectivity index (χ0v) is 14.3. The van der Waals surface area contributed by atoms with Gasteiger partial charge in [-0.15, -0.1) is 0 Å². The number of halogens is 2. The van der Waals surface area contributed by atoms with E-state index in [-0.39, 0.29) is 24.2 Å². The molecule has 0 bridgehead atoms. The van der Waals surface area contributed by atoms with Gasteiger partial charge in [0, 0.05) is 35.2 Å². The first-order valence-corrected chi connectivity index (χ1v) is 8.37. The molecule has 6 heteroatoms. The summed E-state index contributed by atoms with van der Waals surface area (Å²) >= 11 is 11.9. The van der Waals surface area contributed by atoms with Crippen molar-refractivity contribution < 1.29 is 9.59 Å². The molecular weight excluding hydrogens is 347 g/mol. The summed E-state index contributed by atoms with van der Waals surface area (Å²) in [5, 5.41) is 4.08. The molecule has 1 fully saturated rings. The van der Waals surface area contributed by atoms with Crippen LogP contribution in [0.3, 0.4) is 0 Å². The Bertz CT molecular complexity index is 762. The molecule has 1 aliphatic rings. The van der Waals surface area contributed by atoms with Crippen LogP contribution in [0.25, 0.3) is 0 Å². The number of benzene rings is 2. The van der Waals surface area contributed by atoms with Crippen LogP contribution in [-0.4, -0.2) is 18.4 Å². The lowest BCUT2D eigenvalue weighted by Crippen LogP contribution is -2.32. The summed E-state index contributed by atoms with van der Waals surface area (Å²) in [4.78, 5) is 26.2. The van der Waals surface area contributed by atoms with E-state index < -0.39 is 0 Å². The molecule has 2 aromatic rings. The van der Waals surface area contributed by atoms with E-state index in [2.05, 4.69) is 5.32 Å². The average Bonchev–Trinajstić information content (AvgIpc) is 2.96. The average molecular weight is 363 g/mol. The van der Waals surface area contributed by atoms with Crippen LogP contribution in [-0.2, 0) is 16.1 Å². The first kappa shape index (κ1) is 16.8. The van der Waals surface area contributed by atoms with E-state index in [9.17, 15) is 9.59 Å².